The number of hydrogen-bond donors (Lipinski definition) is 0. The summed E-state index contributed by atoms with van der Waals surface area (Å²) < 4.78 is 5.47. The van der Waals surface area contributed by atoms with Gasteiger partial charge in [-0.3, -0.25) is 0 Å². The molecule has 1 aromatic rings. The van der Waals surface area contributed by atoms with E-state index in [-0.39, 0.29) is 6.10 Å². The van der Waals surface area contributed by atoms with Crippen molar-refractivity contribution < 1.29 is 4.43 Å². The molecule has 1 nitrogen and oxygen atoms in total. The van der Waals surface area contributed by atoms with Crippen molar-refractivity contribution in [2.24, 2.45) is 0 Å². The van der Waals surface area contributed by atoms with Gasteiger partial charge < -0.3 is 4.43 Å². The van der Waals surface area contributed by atoms with Gasteiger partial charge in [-0.15, -0.1) is 0 Å². The second-order valence-corrected chi connectivity index (χ2v) is 5.44. The Morgan fingerprint density at radius 3 is 2.32 bits per heavy atom. The summed E-state index contributed by atoms with van der Waals surface area (Å²) in [6, 6.07) is 6.71. The molecule has 0 aliphatic carbocycles. The fraction of sp³-hybridized carbons (Fsp3) is 0.647. The van der Waals surface area contributed by atoms with Gasteiger partial charge in [0.2, 0.25) is 10.5 Å². The first kappa shape index (κ1) is 16.5. The molecular weight excluding hydrogens is 248 g/mol. The van der Waals surface area contributed by atoms with Crippen LogP contribution >= 0.6 is 0 Å². The summed E-state index contributed by atoms with van der Waals surface area (Å²) in [7, 11) is 3.24. The van der Waals surface area contributed by atoms with Crippen LogP contribution in [0.25, 0.3) is 0 Å². The standard InChI is InChI=1S/C17H27OSi/c1-4-7-10-14-11-9-13-16(17(6-3)18-19)15(14)12-8-5-2/h9,11,13,17H,4-8,10,12H2,1-3H3. The van der Waals surface area contributed by atoms with E-state index in [4.69, 9.17) is 4.43 Å². The number of unbranched alkanes of at least 4 members (excludes halogenated alkanes) is 2. The number of rotatable bonds is 9. The van der Waals surface area contributed by atoms with Crippen LogP contribution in [-0.2, 0) is 17.3 Å². The predicted octanol–water partition coefficient (Wildman–Crippen LogP) is 4.92. The first-order valence-corrected chi connectivity index (χ1v) is 8.12. The molecule has 0 aliphatic heterocycles. The first-order chi connectivity index (χ1) is 9.28. The van der Waals surface area contributed by atoms with Crippen LogP contribution < -0.4 is 0 Å². The quantitative estimate of drug-likeness (QED) is 0.581. The maximum Gasteiger partial charge on any atom is 0.247 e. The van der Waals surface area contributed by atoms with E-state index in [0.717, 1.165) is 6.42 Å². The van der Waals surface area contributed by atoms with Crippen molar-refractivity contribution in [3.05, 3.63) is 34.9 Å². The third-order valence-corrected chi connectivity index (χ3v) is 4.03. The Morgan fingerprint density at radius 2 is 1.74 bits per heavy atom. The van der Waals surface area contributed by atoms with Gasteiger partial charge in [0.15, 0.2) is 0 Å². The summed E-state index contributed by atoms with van der Waals surface area (Å²) in [4.78, 5) is 0. The molecular formula is C17H27OSi. The average molecular weight is 275 g/mol. The highest BCUT2D eigenvalue weighted by Crippen LogP contribution is 2.28. The molecule has 2 heteroatoms. The topological polar surface area (TPSA) is 9.23 Å². The van der Waals surface area contributed by atoms with Gasteiger partial charge in [0.1, 0.15) is 0 Å². The van der Waals surface area contributed by atoms with E-state index in [2.05, 4.69) is 49.5 Å². The zero-order chi connectivity index (χ0) is 14.1. The highest BCUT2D eigenvalue weighted by molar-refractivity contribution is 5.98. The number of aryl methyl sites for hydroxylation is 1. The highest BCUT2D eigenvalue weighted by Gasteiger charge is 2.15. The Morgan fingerprint density at radius 1 is 1.05 bits per heavy atom. The molecule has 1 rings (SSSR count). The minimum Gasteiger partial charge on any atom is -0.412 e. The minimum atomic E-state index is 0.171. The van der Waals surface area contributed by atoms with Gasteiger partial charge in [-0.1, -0.05) is 51.8 Å². The molecule has 0 amide bonds. The van der Waals surface area contributed by atoms with Crippen LogP contribution in [0.5, 0.6) is 0 Å². The molecule has 1 atom stereocenters. The summed E-state index contributed by atoms with van der Waals surface area (Å²) in [6.45, 7) is 6.69. The molecule has 0 saturated heterocycles. The lowest BCUT2D eigenvalue weighted by Crippen LogP contribution is -2.08. The van der Waals surface area contributed by atoms with Crippen molar-refractivity contribution in [2.75, 3.05) is 0 Å². The van der Waals surface area contributed by atoms with E-state index in [1.807, 2.05) is 0 Å². The van der Waals surface area contributed by atoms with Crippen LogP contribution in [0.1, 0.15) is 75.7 Å². The smallest absolute Gasteiger partial charge is 0.247 e. The maximum absolute atomic E-state index is 5.47. The monoisotopic (exact) mass is 275 g/mol. The average Bonchev–Trinajstić information content (AvgIpc) is 2.45. The summed E-state index contributed by atoms with van der Waals surface area (Å²) in [5.41, 5.74) is 4.43. The van der Waals surface area contributed by atoms with Crippen molar-refractivity contribution in [3.63, 3.8) is 0 Å². The van der Waals surface area contributed by atoms with Gasteiger partial charge >= 0.3 is 0 Å². The molecule has 0 aromatic heterocycles. The van der Waals surface area contributed by atoms with Gasteiger partial charge in [0.05, 0.1) is 6.10 Å². The molecule has 0 N–H and O–H groups in total. The largest absolute Gasteiger partial charge is 0.412 e. The Balaban J connectivity index is 3.05. The number of hydrogen-bond acceptors (Lipinski definition) is 1. The third-order valence-electron chi connectivity index (χ3n) is 3.75. The van der Waals surface area contributed by atoms with E-state index in [9.17, 15) is 0 Å². The Kier molecular flexibility index (Phi) is 8.07. The molecule has 0 saturated carbocycles. The SMILES string of the molecule is CCCCc1cccc(C(CC)O[Si])c1CCCC. The van der Waals surface area contributed by atoms with Crippen LogP contribution in [0.3, 0.4) is 0 Å². The van der Waals surface area contributed by atoms with E-state index < -0.39 is 0 Å². The fourth-order valence-corrected chi connectivity index (χ4v) is 2.88. The summed E-state index contributed by atoms with van der Waals surface area (Å²) in [5.74, 6) is 0. The zero-order valence-corrected chi connectivity index (χ0v) is 13.7. The zero-order valence-electron chi connectivity index (χ0n) is 12.7. The second kappa shape index (κ2) is 9.32. The molecule has 3 radical (unpaired) electrons. The summed E-state index contributed by atoms with van der Waals surface area (Å²) in [6.07, 6.45) is 8.57. The maximum atomic E-state index is 5.47. The van der Waals surface area contributed by atoms with E-state index in [0.29, 0.717) is 0 Å². The molecule has 0 aliphatic rings. The molecule has 1 unspecified atom stereocenters. The Hall–Kier alpha value is -0.603. The van der Waals surface area contributed by atoms with Crippen molar-refractivity contribution in [2.45, 2.75) is 71.8 Å². The normalized spacial score (nSPS) is 12.6. The predicted molar refractivity (Wildman–Crippen MR) is 83.5 cm³/mol. The van der Waals surface area contributed by atoms with E-state index >= 15 is 0 Å². The van der Waals surface area contributed by atoms with Crippen molar-refractivity contribution in [1.29, 1.82) is 0 Å². The first-order valence-electron chi connectivity index (χ1n) is 7.71. The van der Waals surface area contributed by atoms with Gasteiger partial charge in [-0.05, 0) is 48.8 Å². The summed E-state index contributed by atoms with van der Waals surface area (Å²) >= 11 is 0. The third kappa shape index (κ3) is 4.77. The lowest BCUT2D eigenvalue weighted by atomic mass is 9.90. The highest BCUT2D eigenvalue weighted by atomic mass is 28.2. The van der Waals surface area contributed by atoms with E-state index in [1.165, 1.54) is 55.2 Å². The molecule has 19 heavy (non-hydrogen) atoms. The molecule has 105 valence electrons. The Labute approximate surface area is 122 Å². The van der Waals surface area contributed by atoms with Crippen LogP contribution in [0, 0.1) is 0 Å². The molecule has 0 heterocycles. The molecule has 0 fully saturated rings. The molecule has 0 bridgehead atoms. The Bertz CT molecular complexity index is 358. The van der Waals surface area contributed by atoms with Crippen LogP contribution in [0.2, 0.25) is 0 Å². The van der Waals surface area contributed by atoms with Gasteiger partial charge in [-0.25, -0.2) is 0 Å². The van der Waals surface area contributed by atoms with Crippen molar-refractivity contribution in [1.82, 2.24) is 0 Å². The molecule has 0 spiro atoms. The van der Waals surface area contributed by atoms with Crippen molar-refractivity contribution in [3.8, 4) is 0 Å². The van der Waals surface area contributed by atoms with Crippen LogP contribution in [-0.4, -0.2) is 10.5 Å². The van der Waals surface area contributed by atoms with Crippen LogP contribution in [0.4, 0.5) is 0 Å². The lowest BCUT2D eigenvalue weighted by molar-refractivity contribution is 0.220. The van der Waals surface area contributed by atoms with Gasteiger partial charge in [0.25, 0.3) is 0 Å². The second-order valence-electron chi connectivity index (χ2n) is 5.21. The minimum absolute atomic E-state index is 0.171. The van der Waals surface area contributed by atoms with Crippen molar-refractivity contribution >= 4 is 10.5 Å². The van der Waals surface area contributed by atoms with E-state index in [1.54, 1.807) is 0 Å². The summed E-state index contributed by atoms with van der Waals surface area (Å²) in [5, 5.41) is 0. The van der Waals surface area contributed by atoms with Gasteiger partial charge in [0, 0.05) is 0 Å². The molecule has 1 aromatic carbocycles. The van der Waals surface area contributed by atoms with Gasteiger partial charge in [-0.2, -0.15) is 0 Å². The lowest BCUT2D eigenvalue weighted by Gasteiger charge is -2.21. The van der Waals surface area contributed by atoms with Crippen LogP contribution in [0.15, 0.2) is 18.2 Å². The number of benzene rings is 1. The fourth-order valence-electron chi connectivity index (χ4n) is 2.58.